The standard InChI is InChI=1S/C18H16N2O3/c1-20(2)10-15(21)19-14-9-5-8-13-16(14)18(23)12-7-4-3-6-11(12)17(13)22/h3-9H,10H2,1-2H3,(H,19,21). The highest BCUT2D eigenvalue weighted by molar-refractivity contribution is 6.30. The Hall–Kier alpha value is -2.79. The summed E-state index contributed by atoms with van der Waals surface area (Å²) in [5.41, 5.74) is 1.75. The van der Waals surface area contributed by atoms with E-state index in [0.29, 0.717) is 22.4 Å². The number of nitrogens with one attached hydrogen (secondary N) is 1. The monoisotopic (exact) mass is 308 g/mol. The zero-order valence-corrected chi connectivity index (χ0v) is 12.9. The third-order valence-corrected chi connectivity index (χ3v) is 3.69. The summed E-state index contributed by atoms with van der Waals surface area (Å²) in [6.07, 6.45) is 0. The van der Waals surface area contributed by atoms with Gasteiger partial charge in [-0.2, -0.15) is 0 Å². The van der Waals surface area contributed by atoms with E-state index in [0.717, 1.165) is 0 Å². The summed E-state index contributed by atoms with van der Waals surface area (Å²) in [6.45, 7) is 0.197. The van der Waals surface area contributed by atoms with Crippen molar-refractivity contribution >= 4 is 23.2 Å². The van der Waals surface area contributed by atoms with Crippen LogP contribution < -0.4 is 5.32 Å². The summed E-state index contributed by atoms with van der Waals surface area (Å²) in [5, 5.41) is 2.73. The molecule has 116 valence electrons. The number of carbonyl (C=O) groups excluding carboxylic acids is 3. The second kappa shape index (κ2) is 5.78. The van der Waals surface area contributed by atoms with Gasteiger partial charge in [0.2, 0.25) is 5.91 Å². The number of hydrogen-bond acceptors (Lipinski definition) is 4. The van der Waals surface area contributed by atoms with E-state index in [1.807, 2.05) is 0 Å². The summed E-state index contributed by atoms with van der Waals surface area (Å²) in [6, 6.07) is 11.7. The Labute approximate surface area is 133 Å². The summed E-state index contributed by atoms with van der Waals surface area (Å²) < 4.78 is 0. The largest absolute Gasteiger partial charge is 0.324 e. The number of nitrogens with zero attached hydrogens (tertiary/aromatic N) is 1. The van der Waals surface area contributed by atoms with Crippen LogP contribution in [0, 0.1) is 0 Å². The van der Waals surface area contributed by atoms with Crippen molar-refractivity contribution in [2.75, 3.05) is 26.0 Å². The molecule has 2 aromatic rings. The maximum Gasteiger partial charge on any atom is 0.238 e. The number of benzene rings is 2. The van der Waals surface area contributed by atoms with E-state index in [-0.39, 0.29) is 29.6 Å². The van der Waals surface area contributed by atoms with Gasteiger partial charge in [0, 0.05) is 16.7 Å². The van der Waals surface area contributed by atoms with Gasteiger partial charge in [0.05, 0.1) is 17.8 Å². The number of likely N-dealkylation sites (N-methyl/N-ethyl adjacent to an activating group) is 1. The van der Waals surface area contributed by atoms with Crippen molar-refractivity contribution in [3.8, 4) is 0 Å². The summed E-state index contributed by atoms with van der Waals surface area (Å²) >= 11 is 0. The van der Waals surface area contributed by atoms with Crippen molar-refractivity contribution in [3.05, 3.63) is 64.7 Å². The zero-order valence-electron chi connectivity index (χ0n) is 12.9. The SMILES string of the molecule is CN(C)CC(=O)Nc1cccc2c1C(=O)c1ccccc1C2=O. The number of amides is 1. The van der Waals surface area contributed by atoms with Crippen LogP contribution in [-0.4, -0.2) is 43.0 Å². The lowest BCUT2D eigenvalue weighted by atomic mass is 9.83. The summed E-state index contributed by atoms with van der Waals surface area (Å²) in [5.74, 6) is -0.669. The Morgan fingerprint density at radius 3 is 2.17 bits per heavy atom. The molecule has 0 radical (unpaired) electrons. The lowest BCUT2D eigenvalue weighted by Crippen LogP contribution is -2.29. The minimum Gasteiger partial charge on any atom is -0.324 e. The molecule has 0 bridgehead atoms. The third-order valence-electron chi connectivity index (χ3n) is 3.69. The molecule has 0 heterocycles. The number of carbonyl (C=O) groups is 3. The van der Waals surface area contributed by atoms with Gasteiger partial charge in [0.15, 0.2) is 11.6 Å². The van der Waals surface area contributed by atoms with Gasteiger partial charge in [-0.15, -0.1) is 0 Å². The van der Waals surface area contributed by atoms with Gasteiger partial charge in [-0.05, 0) is 20.2 Å². The average Bonchev–Trinajstić information content (AvgIpc) is 2.51. The lowest BCUT2D eigenvalue weighted by Gasteiger charge is -2.20. The molecular weight excluding hydrogens is 292 g/mol. The molecular formula is C18H16N2O3. The molecule has 0 atom stereocenters. The maximum absolute atomic E-state index is 12.8. The Morgan fingerprint density at radius 1 is 0.913 bits per heavy atom. The molecule has 0 fully saturated rings. The fraction of sp³-hybridized carbons (Fsp3) is 0.167. The van der Waals surface area contributed by atoms with E-state index in [9.17, 15) is 14.4 Å². The van der Waals surface area contributed by atoms with Gasteiger partial charge in [-0.1, -0.05) is 36.4 Å². The smallest absolute Gasteiger partial charge is 0.238 e. The molecule has 2 aromatic carbocycles. The fourth-order valence-electron chi connectivity index (χ4n) is 2.73. The first-order chi connectivity index (χ1) is 11.0. The van der Waals surface area contributed by atoms with E-state index < -0.39 is 0 Å². The van der Waals surface area contributed by atoms with E-state index in [2.05, 4.69) is 5.32 Å². The first kappa shape index (κ1) is 15.1. The van der Waals surface area contributed by atoms with Gasteiger partial charge in [0.1, 0.15) is 0 Å². The van der Waals surface area contributed by atoms with Gasteiger partial charge in [-0.25, -0.2) is 0 Å². The van der Waals surface area contributed by atoms with Crippen LogP contribution in [0.5, 0.6) is 0 Å². The van der Waals surface area contributed by atoms with E-state index >= 15 is 0 Å². The van der Waals surface area contributed by atoms with Crippen LogP contribution in [0.1, 0.15) is 31.8 Å². The first-order valence-corrected chi connectivity index (χ1v) is 7.25. The van der Waals surface area contributed by atoms with Crippen LogP contribution >= 0.6 is 0 Å². The highest BCUT2D eigenvalue weighted by Gasteiger charge is 2.31. The van der Waals surface area contributed by atoms with Gasteiger partial charge < -0.3 is 10.2 Å². The molecule has 3 rings (SSSR count). The quantitative estimate of drug-likeness (QED) is 0.803. The molecule has 1 aliphatic carbocycles. The van der Waals surface area contributed by atoms with Crippen LogP contribution in [-0.2, 0) is 4.79 Å². The van der Waals surface area contributed by atoms with Crippen molar-refractivity contribution in [3.63, 3.8) is 0 Å². The van der Waals surface area contributed by atoms with Crippen LogP contribution in [0.4, 0.5) is 5.69 Å². The molecule has 5 heteroatoms. The van der Waals surface area contributed by atoms with Gasteiger partial charge in [0.25, 0.3) is 0 Å². The third kappa shape index (κ3) is 2.66. The van der Waals surface area contributed by atoms with Gasteiger partial charge >= 0.3 is 0 Å². The van der Waals surface area contributed by atoms with Crippen LogP contribution in [0.3, 0.4) is 0 Å². The minimum absolute atomic E-state index is 0.195. The fourth-order valence-corrected chi connectivity index (χ4v) is 2.73. The molecule has 0 saturated carbocycles. The van der Waals surface area contributed by atoms with Crippen molar-refractivity contribution < 1.29 is 14.4 Å². The predicted octanol–water partition coefficient (Wildman–Crippen LogP) is 1.96. The molecule has 1 aliphatic rings. The molecule has 1 N–H and O–H groups in total. The maximum atomic E-state index is 12.8. The second-order valence-corrected chi connectivity index (χ2v) is 5.72. The molecule has 0 aromatic heterocycles. The van der Waals surface area contributed by atoms with Gasteiger partial charge in [-0.3, -0.25) is 14.4 Å². The number of fused-ring (bicyclic) bond motifs is 2. The molecule has 0 aliphatic heterocycles. The average molecular weight is 308 g/mol. The first-order valence-electron chi connectivity index (χ1n) is 7.25. The Balaban J connectivity index is 2.06. The zero-order chi connectivity index (χ0) is 16.6. The predicted molar refractivity (Wildman–Crippen MR) is 86.9 cm³/mol. The van der Waals surface area contributed by atoms with E-state index in [1.165, 1.54) is 0 Å². The molecule has 23 heavy (non-hydrogen) atoms. The van der Waals surface area contributed by atoms with Crippen molar-refractivity contribution in [1.29, 1.82) is 0 Å². The Kier molecular flexibility index (Phi) is 3.80. The van der Waals surface area contributed by atoms with Crippen LogP contribution in [0.2, 0.25) is 0 Å². The molecule has 1 amide bonds. The van der Waals surface area contributed by atoms with Crippen LogP contribution in [0.15, 0.2) is 42.5 Å². The number of ketones is 2. The van der Waals surface area contributed by atoms with Crippen LogP contribution in [0.25, 0.3) is 0 Å². The number of anilines is 1. The van der Waals surface area contributed by atoms with Crippen molar-refractivity contribution in [2.24, 2.45) is 0 Å². The topological polar surface area (TPSA) is 66.5 Å². The van der Waals surface area contributed by atoms with E-state index in [4.69, 9.17) is 0 Å². The minimum atomic E-state index is -0.240. The lowest BCUT2D eigenvalue weighted by molar-refractivity contribution is -0.116. The summed E-state index contributed by atoms with van der Waals surface area (Å²) in [7, 11) is 3.57. The Bertz CT molecular complexity index is 825. The van der Waals surface area contributed by atoms with E-state index in [1.54, 1.807) is 61.5 Å². The molecule has 0 unspecified atom stereocenters. The Morgan fingerprint density at radius 2 is 1.52 bits per heavy atom. The number of hydrogen-bond donors (Lipinski definition) is 1. The second-order valence-electron chi connectivity index (χ2n) is 5.72. The number of rotatable bonds is 3. The molecule has 5 nitrogen and oxygen atoms in total. The van der Waals surface area contributed by atoms with Crippen molar-refractivity contribution in [1.82, 2.24) is 4.90 Å². The summed E-state index contributed by atoms with van der Waals surface area (Å²) in [4.78, 5) is 39.1. The van der Waals surface area contributed by atoms with Crippen molar-refractivity contribution in [2.45, 2.75) is 0 Å². The molecule has 0 saturated heterocycles. The normalized spacial score (nSPS) is 12.8. The highest BCUT2D eigenvalue weighted by atomic mass is 16.2. The highest BCUT2D eigenvalue weighted by Crippen LogP contribution is 2.31. The molecule has 0 spiro atoms.